The van der Waals surface area contributed by atoms with Gasteiger partial charge in [-0.1, -0.05) is 5.23 Å². The number of hydrogen-bond donors (Lipinski definition) is 3. The number of carbonyl (C=O) groups is 1. The van der Waals surface area contributed by atoms with Gasteiger partial charge in [-0.3, -0.25) is 15.2 Å². The van der Waals surface area contributed by atoms with Crippen LogP contribution in [0.3, 0.4) is 0 Å². The lowest BCUT2D eigenvalue weighted by Crippen LogP contribution is -2.29. The summed E-state index contributed by atoms with van der Waals surface area (Å²) in [4.78, 5) is 9.81. The van der Waals surface area contributed by atoms with E-state index in [1.54, 1.807) is 0 Å². The van der Waals surface area contributed by atoms with E-state index in [4.69, 9.17) is 10.4 Å². The fraction of sp³-hybridized carbons (Fsp3) is 0.500. The maximum atomic E-state index is 9.81. The molecule has 0 heterocycles. The Morgan fingerprint density at radius 1 is 1.71 bits per heavy atom. The number of carbonyl (C=O) groups excluding carboxylic acids is 1. The van der Waals surface area contributed by atoms with Crippen LogP contribution in [0.15, 0.2) is 0 Å². The number of nitrogens with two attached hydrogens (primary N) is 1. The van der Waals surface area contributed by atoms with Crippen molar-refractivity contribution in [3.63, 3.8) is 0 Å². The zero-order chi connectivity index (χ0) is 5.86. The summed E-state index contributed by atoms with van der Waals surface area (Å²) in [6, 6.07) is 0. The Morgan fingerprint density at radius 2 is 2.14 bits per heavy atom. The van der Waals surface area contributed by atoms with Crippen LogP contribution in [-0.2, 0) is 4.79 Å². The molecule has 0 bridgehead atoms. The minimum absolute atomic E-state index is 0.396. The molecule has 0 unspecified atom stereocenters. The molecule has 42 valence electrons. The first-order valence-electron chi connectivity index (χ1n) is 1.59. The summed E-state index contributed by atoms with van der Waals surface area (Å²) in [6.07, 6.45) is 0. The van der Waals surface area contributed by atoms with Crippen molar-refractivity contribution < 1.29 is 15.2 Å². The summed E-state index contributed by atoms with van der Waals surface area (Å²) in [6.45, 7) is -0.396. The quantitative estimate of drug-likeness (QED) is 0.282. The molecule has 0 radical (unpaired) electrons. The first kappa shape index (κ1) is 6.35. The molecule has 0 aromatic rings. The average Bonchev–Trinajstić information content (AvgIpc) is 1.65. The van der Waals surface area contributed by atoms with Crippen molar-refractivity contribution in [2.45, 2.75) is 0 Å². The van der Waals surface area contributed by atoms with Crippen molar-refractivity contribution in [1.29, 1.82) is 0 Å². The van der Waals surface area contributed by atoms with Gasteiger partial charge in [0.1, 0.15) is 0 Å². The van der Waals surface area contributed by atoms with Crippen LogP contribution in [0, 0.1) is 0 Å². The maximum absolute atomic E-state index is 9.81. The molecule has 0 aliphatic carbocycles. The Labute approximate surface area is 39.9 Å². The molecule has 5 nitrogen and oxygen atoms in total. The van der Waals surface area contributed by atoms with E-state index in [-0.39, 0.29) is 0 Å². The van der Waals surface area contributed by atoms with Crippen LogP contribution in [0.5, 0.6) is 0 Å². The van der Waals surface area contributed by atoms with Crippen molar-refractivity contribution in [3.05, 3.63) is 0 Å². The second kappa shape index (κ2) is 2.51. The van der Waals surface area contributed by atoms with E-state index in [0.29, 0.717) is 0 Å². The highest BCUT2D eigenvalue weighted by atomic mass is 16.8. The molecule has 0 atom stereocenters. The minimum atomic E-state index is -0.931. The summed E-state index contributed by atoms with van der Waals surface area (Å²) in [5, 5.41) is 15.0. The van der Waals surface area contributed by atoms with Gasteiger partial charge < -0.3 is 5.73 Å². The summed E-state index contributed by atoms with van der Waals surface area (Å²) in [7, 11) is 0. The van der Waals surface area contributed by atoms with Gasteiger partial charge in [0, 0.05) is 0 Å². The van der Waals surface area contributed by atoms with Gasteiger partial charge >= 0.3 is 0 Å². The van der Waals surface area contributed by atoms with Crippen molar-refractivity contribution in [2.75, 3.05) is 6.54 Å². The molecule has 4 N–H and O–H groups in total. The lowest BCUT2D eigenvalue weighted by atomic mass is 10.6. The normalized spacial score (nSPS) is 8.43. The molecule has 0 aliphatic rings. The Hall–Kier alpha value is -0.650. The number of hydrogen-bond acceptors (Lipinski definition) is 4. The fourth-order valence-corrected chi connectivity index (χ4v) is 0.0816. The monoisotopic (exact) mass is 106 g/mol. The van der Waals surface area contributed by atoms with Gasteiger partial charge in [0.25, 0.3) is 5.91 Å². The topological polar surface area (TPSA) is 86.8 Å². The summed E-state index contributed by atoms with van der Waals surface area (Å²) < 4.78 is 0. The van der Waals surface area contributed by atoms with Crippen LogP contribution < -0.4 is 5.73 Å². The lowest BCUT2D eigenvalue weighted by molar-refractivity contribution is -0.283. The maximum Gasteiger partial charge on any atom is 0.286 e. The first-order valence-corrected chi connectivity index (χ1v) is 1.59. The fourth-order valence-electron chi connectivity index (χ4n) is 0.0816. The molecule has 0 fully saturated rings. The SMILES string of the molecule is NCC(=O)N(O)O. The van der Waals surface area contributed by atoms with E-state index < -0.39 is 17.7 Å². The highest BCUT2D eigenvalue weighted by Crippen LogP contribution is 1.68. The van der Waals surface area contributed by atoms with E-state index in [1.807, 2.05) is 0 Å². The lowest BCUT2D eigenvalue weighted by Gasteiger charge is -2.00. The zero-order valence-corrected chi connectivity index (χ0v) is 3.53. The molecule has 1 amide bonds. The van der Waals surface area contributed by atoms with Gasteiger partial charge in [0.15, 0.2) is 0 Å². The Bertz CT molecular complexity index is 71.3. The number of nitrogens with zero attached hydrogens (tertiary/aromatic N) is 1. The minimum Gasteiger partial charge on any atom is -0.322 e. The predicted molar refractivity (Wildman–Crippen MR) is 19.5 cm³/mol. The molecule has 5 heteroatoms. The van der Waals surface area contributed by atoms with Crippen LogP contribution in [0.2, 0.25) is 0 Å². The third kappa shape index (κ3) is 2.10. The van der Waals surface area contributed by atoms with Crippen molar-refractivity contribution in [3.8, 4) is 0 Å². The van der Waals surface area contributed by atoms with Gasteiger partial charge in [0.2, 0.25) is 0 Å². The first-order chi connectivity index (χ1) is 3.18. The number of rotatable bonds is 1. The summed E-state index contributed by atoms with van der Waals surface area (Å²) >= 11 is 0. The average molecular weight is 106 g/mol. The van der Waals surface area contributed by atoms with E-state index in [0.717, 1.165) is 0 Å². The third-order valence-corrected chi connectivity index (χ3v) is 0.398. The second-order valence-corrected chi connectivity index (χ2v) is 0.887. The second-order valence-electron chi connectivity index (χ2n) is 0.887. The Kier molecular flexibility index (Phi) is 2.28. The molecular weight excluding hydrogens is 100 g/mol. The van der Waals surface area contributed by atoms with Crippen LogP contribution in [0.1, 0.15) is 0 Å². The highest BCUT2D eigenvalue weighted by molar-refractivity contribution is 5.75. The Morgan fingerprint density at radius 3 is 2.14 bits per heavy atom. The standard InChI is InChI=1S/C2H6N2O3/c3-1-2(5)4(6)7/h6-7H,1,3H2. The molecular formula is C2H6N2O3. The molecule has 7 heavy (non-hydrogen) atoms. The number of amides is 1. The van der Waals surface area contributed by atoms with Gasteiger partial charge in [-0.15, -0.1) is 0 Å². The molecule has 0 saturated carbocycles. The molecule has 0 aliphatic heterocycles. The van der Waals surface area contributed by atoms with Crippen LogP contribution in [-0.4, -0.2) is 28.1 Å². The molecule has 0 saturated heterocycles. The van der Waals surface area contributed by atoms with E-state index >= 15 is 0 Å². The third-order valence-electron chi connectivity index (χ3n) is 0.398. The van der Waals surface area contributed by atoms with Crippen molar-refractivity contribution in [2.24, 2.45) is 5.73 Å². The largest absolute Gasteiger partial charge is 0.322 e. The van der Waals surface area contributed by atoms with Crippen molar-refractivity contribution >= 4 is 5.91 Å². The van der Waals surface area contributed by atoms with Crippen molar-refractivity contribution in [1.82, 2.24) is 5.23 Å². The number of hydroxylamine groups is 2. The van der Waals surface area contributed by atoms with Gasteiger partial charge in [-0.2, -0.15) is 0 Å². The predicted octanol–water partition coefficient (Wildman–Crippen LogP) is -1.45. The highest BCUT2D eigenvalue weighted by Gasteiger charge is 2.00. The summed E-state index contributed by atoms with van der Waals surface area (Å²) in [5.74, 6) is -0.931. The molecule has 0 aromatic carbocycles. The van der Waals surface area contributed by atoms with Crippen LogP contribution in [0.25, 0.3) is 0 Å². The van der Waals surface area contributed by atoms with Gasteiger partial charge in [-0.05, 0) is 0 Å². The van der Waals surface area contributed by atoms with Crippen LogP contribution in [0.4, 0.5) is 0 Å². The molecule has 0 rings (SSSR count). The van der Waals surface area contributed by atoms with E-state index in [9.17, 15) is 4.79 Å². The molecule has 0 spiro atoms. The van der Waals surface area contributed by atoms with Gasteiger partial charge in [-0.25, -0.2) is 0 Å². The zero-order valence-electron chi connectivity index (χ0n) is 3.53. The van der Waals surface area contributed by atoms with Gasteiger partial charge in [0.05, 0.1) is 6.54 Å². The van der Waals surface area contributed by atoms with E-state index in [1.165, 1.54) is 0 Å². The van der Waals surface area contributed by atoms with E-state index in [2.05, 4.69) is 5.73 Å². The Balaban J connectivity index is 3.35. The van der Waals surface area contributed by atoms with Crippen LogP contribution >= 0.6 is 0 Å². The summed E-state index contributed by atoms with van der Waals surface area (Å²) in [5.41, 5.74) is 4.66. The molecule has 0 aromatic heterocycles. The smallest absolute Gasteiger partial charge is 0.286 e.